The molecule has 2 aliphatic rings. The smallest absolute Gasteiger partial charge is 0.327 e. The molecule has 8 heteroatoms. The van der Waals surface area contributed by atoms with Crippen molar-refractivity contribution >= 4 is 23.8 Å². The van der Waals surface area contributed by atoms with Crippen LogP contribution in [0.2, 0.25) is 0 Å². The summed E-state index contributed by atoms with van der Waals surface area (Å²) in [5.41, 5.74) is 0. The number of hydrogen-bond donors (Lipinski definition) is 2. The Balaban J connectivity index is 1.94. The zero-order valence-corrected chi connectivity index (χ0v) is 13.1. The van der Waals surface area contributed by atoms with Crippen LogP contribution in [0.5, 0.6) is 0 Å². The molecule has 120 valence electrons. The number of carboxylic acid groups (broad SMARTS) is 1. The summed E-state index contributed by atoms with van der Waals surface area (Å²) < 4.78 is 10.7. The summed E-state index contributed by atoms with van der Waals surface area (Å²) in [4.78, 5) is 25.1. The highest BCUT2D eigenvalue weighted by Gasteiger charge is 2.42. The number of nitrogens with zero attached hydrogens (tertiary/aromatic N) is 1. The van der Waals surface area contributed by atoms with Crippen molar-refractivity contribution in [1.82, 2.24) is 10.2 Å². The third-order valence-electron chi connectivity index (χ3n) is 3.49. The lowest BCUT2D eigenvalue weighted by Crippen LogP contribution is -2.53. The highest BCUT2D eigenvalue weighted by molar-refractivity contribution is 8.00. The molecule has 7 nitrogen and oxygen atoms in total. The van der Waals surface area contributed by atoms with Crippen LogP contribution < -0.4 is 5.32 Å². The number of rotatable bonds is 4. The molecular formula is C13H22N2O5S. The maximum Gasteiger partial charge on any atom is 0.327 e. The molecule has 0 radical (unpaired) electrons. The van der Waals surface area contributed by atoms with Crippen molar-refractivity contribution in [3.63, 3.8) is 0 Å². The number of urea groups is 1. The van der Waals surface area contributed by atoms with E-state index in [0.29, 0.717) is 32.1 Å². The number of carbonyl (C=O) groups is 2. The summed E-state index contributed by atoms with van der Waals surface area (Å²) in [6.07, 6.45) is -0.168. The second kappa shape index (κ2) is 7.33. The van der Waals surface area contributed by atoms with E-state index in [1.807, 2.05) is 13.8 Å². The predicted octanol–water partition coefficient (Wildman–Crippen LogP) is 0.596. The highest BCUT2D eigenvalue weighted by Crippen LogP contribution is 2.34. The van der Waals surface area contributed by atoms with E-state index in [4.69, 9.17) is 9.47 Å². The minimum absolute atomic E-state index is 0.116. The number of aliphatic carboxylic acids is 1. The first-order valence-corrected chi connectivity index (χ1v) is 8.15. The van der Waals surface area contributed by atoms with E-state index < -0.39 is 12.0 Å². The van der Waals surface area contributed by atoms with Crippen molar-refractivity contribution in [1.29, 1.82) is 0 Å². The molecule has 2 N–H and O–H groups in total. The van der Waals surface area contributed by atoms with Crippen LogP contribution in [0.25, 0.3) is 0 Å². The van der Waals surface area contributed by atoms with Crippen molar-refractivity contribution in [2.24, 2.45) is 5.92 Å². The van der Waals surface area contributed by atoms with Crippen molar-refractivity contribution in [3.05, 3.63) is 0 Å². The number of ether oxygens (including phenoxy) is 2. The number of carboxylic acids is 1. The minimum atomic E-state index is -0.960. The third-order valence-corrected chi connectivity index (χ3v) is 5.11. The van der Waals surface area contributed by atoms with Gasteiger partial charge in [-0.25, -0.2) is 9.59 Å². The maximum absolute atomic E-state index is 12.4. The SMILES string of the molecule is CC(C)C1SCC(C(=O)O)N1C(=O)NCC1COCCO1. The van der Waals surface area contributed by atoms with E-state index in [9.17, 15) is 14.7 Å². The fraction of sp³-hybridized carbons (Fsp3) is 0.846. The van der Waals surface area contributed by atoms with Crippen LogP contribution >= 0.6 is 11.8 Å². The number of amides is 2. The number of thioether (sulfide) groups is 1. The lowest BCUT2D eigenvalue weighted by atomic mass is 10.1. The lowest BCUT2D eigenvalue weighted by molar-refractivity contribution is -0.141. The first-order chi connectivity index (χ1) is 10.0. The average molecular weight is 318 g/mol. The van der Waals surface area contributed by atoms with Crippen LogP contribution in [0.15, 0.2) is 0 Å². The highest BCUT2D eigenvalue weighted by atomic mass is 32.2. The second-order valence-electron chi connectivity index (χ2n) is 5.48. The van der Waals surface area contributed by atoms with Gasteiger partial charge in [0.2, 0.25) is 0 Å². The first kappa shape index (κ1) is 16.4. The average Bonchev–Trinajstić information content (AvgIpc) is 2.91. The molecule has 2 fully saturated rings. The van der Waals surface area contributed by atoms with Gasteiger partial charge in [0.15, 0.2) is 0 Å². The first-order valence-electron chi connectivity index (χ1n) is 7.10. The van der Waals surface area contributed by atoms with E-state index in [1.54, 1.807) is 0 Å². The van der Waals surface area contributed by atoms with Crippen LogP contribution in [-0.4, -0.2) is 71.6 Å². The lowest BCUT2D eigenvalue weighted by Gasteiger charge is -2.31. The van der Waals surface area contributed by atoms with Gasteiger partial charge in [0.05, 0.1) is 31.3 Å². The predicted molar refractivity (Wildman–Crippen MR) is 78.3 cm³/mol. The molecule has 2 aliphatic heterocycles. The number of carbonyl (C=O) groups excluding carboxylic acids is 1. The molecule has 0 saturated carbocycles. The van der Waals surface area contributed by atoms with Gasteiger partial charge in [0.25, 0.3) is 0 Å². The summed E-state index contributed by atoms with van der Waals surface area (Å²) in [6.45, 7) is 5.85. The summed E-state index contributed by atoms with van der Waals surface area (Å²) in [5, 5.41) is 11.9. The van der Waals surface area contributed by atoms with E-state index in [2.05, 4.69) is 5.32 Å². The van der Waals surface area contributed by atoms with Crippen LogP contribution in [0.1, 0.15) is 13.8 Å². The molecule has 21 heavy (non-hydrogen) atoms. The zero-order valence-electron chi connectivity index (χ0n) is 12.3. The molecule has 0 aliphatic carbocycles. The molecule has 3 atom stereocenters. The maximum atomic E-state index is 12.4. The van der Waals surface area contributed by atoms with Gasteiger partial charge >= 0.3 is 12.0 Å². The van der Waals surface area contributed by atoms with Gasteiger partial charge in [-0.1, -0.05) is 13.8 Å². The van der Waals surface area contributed by atoms with Gasteiger partial charge in [-0.15, -0.1) is 11.8 Å². The fourth-order valence-corrected chi connectivity index (χ4v) is 3.91. The molecular weight excluding hydrogens is 296 g/mol. The van der Waals surface area contributed by atoms with Crippen molar-refractivity contribution in [3.8, 4) is 0 Å². The van der Waals surface area contributed by atoms with Gasteiger partial charge in [-0.3, -0.25) is 4.90 Å². The van der Waals surface area contributed by atoms with E-state index >= 15 is 0 Å². The molecule has 3 unspecified atom stereocenters. The Morgan fingerprint density at radius 3 is 2.76 bits per heavy atom. The Bertz CT molecular complexity index is 387. The molecule has 0 aromatic heterocycles. The van der Waals surface area contributed by atoms with Crippen LogP contribution in [-0.2, 0) is 14.3 Å². The molecule has 2 amide bonds. The van der Waals surface area contributed by atoms with Gasteiger partial charge in [-0.2, -0.15) is 0 Å². The Labute approximate surface area is 128 Å². The van der Waals surface area contributed by atoms with Gasteiger partial charge in [-0.05, 0) is 5.92 Å². The number of hydrogen-bond acceptors (Lipinski definition) is 5. The van der Waals surface area contributed by atoms with Crippen molar-refractivity contribution in [2.75, 3.05) is 32.1 Å². The van der Waals surface area contributed by atoms with E-state index in [-0.39, 0.29) is 23.4 Å². The molecule has 0 aromatic rings. The second-order valence-corrected chi connectivity index (χ2v) is 6.63. The van der Waals surface area contributed by atoms with Crippen molar-refractivity contribution < 1.29 is 24.2 Å². The summed E-state index contributed by atoms with van der Waals surface area (Å²) in [7, 11) is 0. The topological polar surface area (TPSA) is 88.1 Å². The molecule has 0 bridgehead atoms. The summed E-state index contributed by atoms with van der Waals surface area (Å²) in [5.74, 6) is -0.341. The van der Waals surface area contributed by atoms with Gasteiger partial charge < -0.3 is 19.9 Å². The Morgan fingerprint density at radius 2 is 2.19 bits per heavy atom. The normalized spacial score (nSPS) is 29.7. The summed E-state index contributed by atoms with van der Waals surface area (Å²) >= 11 is 1.51. The fourth-order valence-electron chi connectivity index (χ4n) is 2.44. The molecule has 0 aromatic carbocycles. The van der Waals surface area contributed by atoms with Crippen LogP contribution in [0, 0.1) is 5.92 Å². The Kier molecular flexibility index (Phi) is 5.72. The Morgan fingerprint density at radius 1 is 1.43 bits per heavy atom. The summed E-state index contributed by atoms with van der Waals surface area (Å²) in [6, 6.07) is -1.12. The van der Waals surface area contributed by atoms with Crippen LogP contribution in [0.3, 0.4) is 0 Å². The van der Waals surface area contributed by atoms with Crippen molar-refractivity contribution in [2.45, 2.75) is 31.4 Å². The molecule has 2 saturated heterocycles. The van der Waals surface area contributed by atoms with Gasteiger partial charge in [0.1, 0.15) is 6.04 Å². The molecule has 2 rings (SSSR count). The minimum Gasteiger partial charge on any atom is -0.480 e. The van der Waals surface area contributed by atoms with E-state index in [1.165, 1.54) is 16.7 Å². The van der Waals surface area contributed by atoms with Crippen LogP contribution in [0.4, 0.5) is 4.79 Å². The monoisotopic (exact) mass is 318 g/mol. The standard InChI is InChI=1S/C13H22N2O5S/c1-8(2)11-15(10(7-21-11)12(16)17)13(18)14-5-9-6-19-3-4-20-9/h8-11H,3-7H2,1-2H3,(H,14,18)(H,16,17). The molecule has 2 heterocycles. The number of nitrogens with one attached hydrogen (secondary N) is 1. The Hall–Kier alpha value is -0.990. The third kappa shape index (κ3) is 4.02. The van der Waals surface area contributed by atoms with E-state index in [0.717, 1.165) is 0 Å². The largest absolute Gasteiger partial charge is 0.480 e. The zero-order chi connectivity index (χ0) is 15.4. The van der Waals surface area contributed by atoms with Gasteiger partial charge in [0, 0.05) is 12.3 Å². The molecule has 0 spiro atoms. The quantitative estimate of drug-likeness (QED) is 0.789.